The van der Waals surface area contributed by atoms with Crippen LogP contribution in [0, 0.1) is 0 Å². The molecule has 0 aromatic carbocycles. The van der Waals surface area contributed by atoms with Crippen molar-refractivity contribution in [2.24, 2.45) is 4.99 Å². The summed E-state index contributed by atoms with van der Waals surface area (Å²) in [6, 6.07) is 0. The smallest absolute Gasteiger partial charge is 0.244 e. The fourth-order valence-electron chi connectivity index (χ4n) is 1.92. The van der Waals surface area contributed by atoms with Crippen molar-refractivity contribution in [2.75, 3.05) is 39.0 Å². The van der Waals surface area contributed by atoms with Crippen molar-refractivity contribution in [3.63, 3.8) is 0 Å². The van der Waals surface area contributed by atoms with Crippen molar-refractivity contribution >= 4 is 47.6 Å². The van der Waals surface area contributed by atoms with E-state index in [1.54, 1.807) is 0 Å². The van der Waals surface area contributed by atoms with Crippen molar-refractivity contribution in [3.8, 4) is 0 Å². The predicted molar refractivity (Wildman–Crippen MR) is 103 cm³/mol. The molecule has 7 heteroatoms. The minimum Gasteiger partial charge on any atom is -0.357 e. The molecule has 1 aliphatic heterocycles. The van der Waals surface area contributed by atoms with Crippen molar-refractivity contribution in [2.45, 2.75) is 38.4 Å². The number of amides is 1. The van der Waals surface area contributed by atoms with E-state index in [0.717, 1.165) is 45.0 Å². The highest BCUT2D eigenvalue weighted by Gasteiger charge is 2.18. The first-order valence-corrected chi connectivity index (χ1v) is 8.56. The Kier molecular flexibility index (Phi) is 10.4. The third-order valence-corrected chi connectivity index (χ3v) is 4.66. The first-order chi connectivity index (χ1) is 9.48. The molecular weight excluding hydrogens is 399 g/mol. The first-order valence-electron chi connectivity index (χ1n) is 7.33. The molecule has 0 saturated carbocycles. The molecule has 1 aliphatic rings. The Morgan fingerprint density at radius 2 is 1.90 bits per heavy atom. The normalized spacial score (nSPS) is 15.6. The Hall–Kier alpha value is -0.180. The third kappa shape index (κ3) is 8.13. The Balaban J connectivity index is 0.00000400. The molecule has 2 N–H and O–H groups in total. The van der Waals surface area contributed by atoms with Gasteiger partial charge in [0.25, 0.3) is 0 Å². The van der Waals surface area contributed by atoms with Gasteiger partial charge in [-0.2, -0.15) is 11.8 Å². The summed E-state index contributed by atoms with van der Waals surface area (Å²) in [6.45, 7) is 10.0. The van der Waals surface area contributed by atoms with Crippen molar-refractivity contribution in [3.05, 3.63) is 0 Å². The van der Waals surface area contributed by atoms with Gasteiger partial charge in [0.2, 0.25) is 5.91 Å². The van der Waals surface area contributed by atoms with Crippen LogP contribution in [-0.2, 0) is 4.79 Å². The van der Waals surface area contributed by atoms with Gasteiger partial charge in [-0.3, -0.25) is 4.79 Å². The highest BCUT2D eigenvalue weighted by Crippen LogP contribution is 2.19. The number of likely N-dealkylation sites (tertiary alicyclic amines) is 1. The van der Waals surface area contributed by atoms with E-state index < -0.39 is 0 Å². The minimum atomic E-state index is 0. The van der Waals surface area contributed by atoms with Gasteiger partial charge in [0.05, 0.1) is 0 Å². The van der Waals surface area contributed by atoms with E-state index in [2.05, 4.69) is 35.7 Å². The van der Waals surface area contributed by atoms with Crippen LogP contribution in [0.1, 0.15) is 33.6 Å². The second-order valence-electron chi connectivity index (χ2n) is 5.60. The summed E-state index contributed by atoms with van der Waals surface area (Å²) in [7, 11) is 0. The van der Waals surface area contributed by atoms with E-state index in [0.29, 0.717) is 0 Å². The number of nitrogens with one attached hydrogen (secondary N) is 2. The van der Waals surface area contributed by atoms with Crippen LogP contribution in [0.5, 0.6) is 0 Å². The number of guanidine groups is 1. The summed E-state index contributed by atoms with van der Waals surface area (Å²) in [5.41, 5.74) is 0. The lowest BCUT2D eigenvalue weighted by atomic mass is 10.2. The van der Waals surface area contributed by atoms with Gasteiger partial charge in [0, 0.05) is 30.9 Å². The van der Waals surface area contributed by atoms with Crippen molar-refractivity contribution < 1.29 is 4.79 Å². The molecule has 0 spiro atoms. The molecule has 1 amide bonds. The van der Waals surface area contributed by atoms with Crippen molar-refractivity contribution in [1.29, 1.82) is 0 Å². The third-order valence-electron chi connectivity index (χ3n) is 3.41. The summed E-state index contributed by atoms with van der Waals surface area (Å²) in [4.78, 5) is 18.3. The number of aliphatic imine (C=N–C) groups is 1. The van der Waals surface area contributed by atoms with Crippen molar-refractivity contribution in [1.82, 2.24) is 15.5 Å². The molecule has 1 rings (SSSR count). The summed E-state index contributed by atoms with van der Waals surface area (Å²) in [6.07, 6.45) is 4.34. The molecule has 1 heterocycles. The highest BCUT2D eigenvalue weighted by atomic mass is 127. The minimum absolute atomic E-state index is 0. The van der Waals surface area contributed by atoms with E-state index in [1.807, 2.05) is 23.6 Å². The second kappa shape index (κ2) is 10.5. The summed E-state index contributed by atoms with van der Waals surface area (Å²) < 4.78 is 0.148. The van der Waals surface area contributed by atoms with Gasteiger partial charge < -0.3 is 15.5 Å². The summed E-state index contributed by atoms with van der Waals surface area (Å²) >= 11 is 1.81. The van der Waals surface area contributed by atoms with Crippen LogP contribution in [-0.4, -0.2) is 60.5 Å². The Labute approximate surface area is 150 Å². The largest absolute Gasteiger partial charge is 0.357 e. The zero-order valence-electron chi connectivity index (χ0n) is 13.6. The maximum atomic E-state index is 12.0. The molecule has 0 radical (unpaired) electrons. The molecule has 0 bridgehead atoms. The lowest BCUT2D eigenvalue weighted by Gasteiger charge is -2.23. The maximum Gasteiger partial charge on any atom is 0.244 e. The lowest BCUT2D eigenvalue weighted by molar-refractivity contribution is -0.128. The van der Waals surface area contributed by atoms with Crippen LogP contribution in [0.3, 0.4) is 0 Å². The fourth-order valence-corrected chi connectivity index (χ4v) is 2.14. The Morgan fingerprint density at radius 1 is 1.29 bits per heavy atom. The predicted octanol–water partition coefficient (Wildman–Crippen LogP) is 1.92. The number of thioether (sulfide) groups is 1. The second-order valence-corrected chi connectivity index (χ2v) is 7.11. The zero-order chi connectivity index (χ0) is 15.0. The van der Waals surface area contributed by atoms with Gasteiger partial charge in [-0.1, -0.05) is 0 Å². The Bertz CT molecular complexity index is 344. The monoisotopic (exact) mass is 428 g/mol. The molecule has 21 heavy (non-hydrogen) atoms. The maximum absolute atomic E-state index is 12.0. The molecule has 5 nitrogen and oxygen atoms in total. The SMILES string of the molecule is CCNC(=NCC(=O)N1CCCC1)NCC(C)(C)SC.I. The van der Waals surface area contributed by atoms with Crippen LogP contribution in [0.4, 0.5) is 0 Å². The molecule has 124 valence electrons. The van der Waals surface area contributed by atoms with E-state index in [9.17, 15) is 4.79 Å². The molecular formula is C14H29IN4OS. The first kappa shape index (κ1) is 20.8. The van der Waals surface area contributed by atoms with Crippen LogP contribution in [0.2, 0.25) is 0 Å². The molecule has 1 fully saturated rings. The van der Waals surface area contributed by atoms with Crippen LogP contribution < -0.4 is 10.6 Å². The number of carbonyl (C=O) groups is 1. The molecule has 1 saturated heterocycles. The summed E-state index contributed by atoms with van der Waals surface area (Å²) in [5.74, 6) is 0.853. The summed E-state index contributed by atoms with van der Waals surface area (Å²) in [5, 5.41) is 6.49. The van der Waals surface area contributed by atoms with E-state index in [4.69, 9.17) is 0 Å². The molecule has 0 atom stereocenters. The number of hydrogen-bond acceptors (Lipinski definition) is 3. The lowest BCUT2D eigenvalue weighted by Crippen LogP contribution is -2.44. The number of carbonyl (C=O) groups excluding carboxylic acids is 1. The molecule has 0 aliphatic carbocycles. The van der Waals surface area contributed by atoms with E-state index in [-0.39, 0.29) is 41.2 Å². The number of halogens is 1. The number of rotatable bonds is 6. The molecule has 0 unspecified atom stereocenters. The molecule has 0 aromatic heterocycles. The van der Waals surface area contributed by atoms with Crippen LogP contribution >= 0.6 is 35.7 Å². The van der Waals surface area contributed by atoms with Gasteiger partial charge >= 0.3 is 0 Å². The van der Waals surface area contributed by atoms with E-state index >= 15 is 0 Å². The average Bonchev–Trinajstić information content (AvgIpc) is 2.96. The standard InChI is InChI=1S/C14H28N4OS.HI/c1-5-15-13(17-11-14(2,3)20-4)16-10-12(19)18-8-6-7-9-18;/h5-11H2,1-4H3,(H2,15,16,17);1H. The number of nitrogens with zero attached hydrogens (tertiary/aromatic N) is 2. The van der Waals surface area contributed by atoms with Crippen LogP contribution in [0.25, 0.3) is 0 Å². The van der Waals surface area contributed by atoms with E-state index in [1.165, 1.54) is 0 Å². The van der Waals surface area contributed by atoms with Gasteiger partial charge in [-0.25, -0.2) is 4.99 Å². The van der Waals surface area contributed by atoms with Gasteiger partial charge in [0.15, 0.2) is 5.96 Å². The Morgan fingerprint density at radius 3 is 2.43 bits per heavy atom. The average molecular weight is 428 g/mol. The van der Waals surface area contributed by atoms with Crippen LogP contribution in [0.15, 0.2) is 4.99 Å². The van der Waals surface area contributed by atoms with Gasteiger partial charge in [-0.05, 0) is 39.9 Å². The fraction of sp³-hybridized carbons (Fsp3) is 0.857. The number of hydrogen-bond donors (Lipinski definition) is 2. The zero-order valence-corrected chi connectivity index (χ0v) is 16.7. The topological polar surface area (TPSA) is 56.7 Å². The quantitative estimate of drug-likeness (QED) is 0.386. The van der Waals surface area contributed by atoms with Gasteiger partial charge in [-0.15, -0.1) is 24.0 Å². The molecule has 0 aromatic rings. The highest BCUT2D eigenvalue weighted by molar-refractivity contribution is 14.0. The van der Waals surface area contributed by atoms with Gasteiger partial charge in [0.1, 0.15) is 6.54 Å².